The number of hydrogen-bond acceptors (Lipinski definition) is 6. The van der Waals surface area contributed by atoms with E-state index in [4.69, 9.17) is 14.2 Å². The van der Waals surface area contributed by atoms with E-state index in [1.807, 2.05) is 24.5 Å². The minimum atomic E-state index is -4.44. The zero-order valence-electron chi connectivity index (χ0n) is 22.2. The van der Waals surface area contributed by atoms with E-state index in [0.29, 0.717) is 48.4 Å². The van der Waals surface area contributed by atoms with Gasteiger partial charge in [0, 0.05) is 28.8 Å². The van der Waals surface area contributed by atoms with Crippen LogP contribution in [0.5, 0.6) is 5.75 Å². The summed E-state index contributed by atoms with van der Waals surface area (Å²) in [6.45, 7) is -0.0825. The Hall–Kier alpha value is -3.07. The van der Waals surface area contributed by atoms with Gasteiger partial charge in [0.2, 0.25) is 0 Å². The summed E-state index contributed by atoms with van der Waals surface area (Å²) >= 11 is 1.59. The molecule has 1 spiro atoms. The molecular formula is C29H31F4N3O3S. The standard InChI is InChI=1S/C29H31F4N3O3S/c1-37-27-16-20(40-2)8-9-25(27)34-12-4-5-19-15-21-23(6-3-7-26(21)36(19)18-29(31,32)33)35-24-10-11-28(17-22(24)30)38-13-14-39-28/h3,6-9,15-16,22,24,34-35H,10-14,17-18H2,1-2H3. The highest BCUT2D eigenvalue weighted by Gasteiger charge is 2.45. The van der Waals surface area contributed by atoms with Crippen LogP contribution in [0, 0.1) is 11.8 Å². The summed E-state index contributed by atoms with van der Waals surface area (Å²) in [5.74, 6) is 5.62. The quantitative estimate of drug-likeness (QED) is 0.192. The second-order valence-corrected chi connectivity index (χ2v) is 10.7. The minimum absolute atomic E-state index is 0.115. The summed E-state index contributed by atoms with van der Waals surface area (Å²) < 4.78 is 73.8. The number of hydrogen-bond donors (Lipinski definition) is 2. The summed E-state index contributed by atoms with van der Waals surface area (Å²) in [5.41, 5.74) is 1.90. The second kappa shape index (κ2) is 11.8. The van der Waals surface area contributed by atoms with Crippen LogP contribution >= 0.6 is 11.8 Å². The highest BCUT2D eigenvalue weighted by molar-refractivity contribution is 7.98. The number of methoxy groups -OCH3 is 1. The van der Waals surface area contributed by atoms with E-state index >= 15 is 4.39 Å². The average Bonchev–Trinajstić information content (AvgIpc) is 3.52. The number of halogens is 4. The lowest BCUT2D eigenvalue weighted by atomic mass is 9.88. The lowest BCUT2D eigenvalue weighted by molar-refractivity contribution is -0.189. The SMILES string of the molecule is COc1cc(SC)ccc1NCC#Cc1cc2c(NC3CCC4(CC3F)OCCO4)cccc2n1CC(F)(F)F. The molecule has 1 aliphatic carbocycles. The van der Waals surface area contributed by atoms with Gasteiger partial charge in [-0.05, 0) is 55.0 Å². The second-order valence-electron chi connectivity index (χ2n) is 9.81. The molecule has 2 heterocycles. The Balaban J connectivity index is 1.38. The molecule has 5 rings (SSSR count). The van der Waals surface area contributed by atoms with Crippen molar-refractivity contribution in [2.75, 3.05) is 43.8 Å². The van der Waals surface area contributed by atoms with Crippen molar-refractivity contribution in [3.63, 3.8) is 0 Å². The Labute approximate surface area is 234 Å². The van der Waals surface area contributed by atoms with Gasteiger partial charge in [0.05, 0.1) is 49.8 Å². The van der Waals surface area contributed by atoms with Crippen molar-refractivity contribution in [3.05, 3.63) is 48.2 Å². The highest BCUT2D eigenvalue weighted by Crippen LogP contribution is 2.39. The number of benzene rings is 2. The number of rotatable bonds is 7. The number of ether oxygens (including phenoxy) is 3. The first-order valence-electron chi connectivity index (χ1n) is 13.0. The Kier molecular flexibility index (Phi) is 8.40. The predicted octanol–water partition coefficient (Wildman–Crippen LogP) is 6.44. The fourth-order valence-electron chi connectivity index (χ4n) is 5.30. The molecule has 3 aromatic rings. The van der Waals surface area contributed by atoms with Crippen molar-refractivity contribution in [1.29, 1.82) is 0 Å². The van der Waals surface area contributed by atoms with Crippen molar-refractivity contribution in [2.45, 2.75) is 54.9 Å². The third-order valence-corrected chi connectivity index (χ3v) is 7.93. The number of nitrogens with zero attached hydrogens (tertiary/aromatic N) is 1. The van der Waals surface area contributed by atoms with Crippen molar-refractivity contribution < 1.29 is 31.8 Å². The molecule has 1 saturated carbocycles. The van der Waals surface area contributed by atoms with Crippen LogP contribution in [0.3, 0.4) is 0 Å². The lowest BCUT2D eigenvalue weighted by Gasteiger charge is -2.38. The normalized spacial score (nSPS) is 20.4. The van der Waals surface area contributed by atoms with E-state index in [9.17, 15) is 13.2 Å². The van der Waals surface area contributed by atoms with Gasteiger partial charge in [0.15, 0.2) is 5.79 Å². The van der Waals surface area contributed by atoms with Crippen LogP contribution in [-0.4, -0.2) is 61.9 Å². The summed E-state index contributed by atoms with van der Waals surface area (Å²) in [6, 6.07) is 11.9. The fraction of sp³-hybridized carbons (Fsp3) is 0.448. The van der Waals surface area contributed by atoms with Gasteiger partial charge in [-0.25, -0.2) is 4.39 Å². The first-order chi connectivity index (χ1) is 19.2. The number of nitrogens with one attached hydrogen (secondary N) is 2. The Morgan fingerprint density at radius 3 is 2.65 bits per heavy atom. The number of alkyl halides is 4. The van der Waals surface area contributed by atoms with Gasteiger partial charge in [0.25, 0.3) is 0 Å². The number of fused-ring (bicyclic) bond motifs is 1. The molecule has 0 radical (unpaired) electrons. The number of thioether (sulfide) groups is 1. The molecule has 2 aromatic carbocycles. The largest absolute Gasteiger partial charge is 0.495 e. The van der Waals surface area contributed by atoms with E-state index in [2.05, 4.69) is 22.5 Å². The van der Waals surface area contributed by atoms with E-state index in [0.717, 1.165) is 15.1 Å². The first-order valence-corrected chi connectivity index (χ1v) is 14.2. The molecule has 2 unspecified atom stereocenters. The smallest absolute Gasteiger partial charge is 0.406 e. The molecule has 6 nitrogen and oxygen atoms in total. The third-order valence-electron chi connectivity index (χ3n) is 7.21. The van der Waals surface area contributed by atoms with E-state index < -0.39 is 30.7 Å². The summed E-state index contributed by atoms with van der Waals surface area (Å²) in [7, 11) is 1.57. The van der Waals surface area contributed by atoms with Crippen LogP contribution in [0.4, 0.5) is 28.9 Å². The summed E-state index contributed by atoms with van der Waals surface area (Å²) in [4.78, 5) is 1.04. The van der Waals surface area contributed by atoms with Gasteiger partial charge in [-0.3, -0.25) is 0 Å². The van der Waals surface area contributed by atoms with Gasteiger partial charge in [-0.2, -0.15) is 13.2 Å². The molecule has 2 fully saturated rings. The number of anilines is 2. The van der Waals surface area contributed by atoms with E-state index in [-0.39, 0.29) is 18.7 Å². The predicted molar refractivity (Wildman–Crippen MR) is 149 cm³/mol. The summed E-state index contributed by atoms with van der Waals surface area (Å²) in [5, 5.41) is 6.96. The average molecular weight is 578 g/mol. The fourth-order valence-corrected chi connectivity index (χ4v) is 5.73. The topological polar surface area (TPSA) is 56.7 Å². The Morgan fingerprint density at radius 1 is 1.15 bits per heavy atom. The maximum absolute atomic E-state index is 15.2. The maximum Gasteiger partial charge on any atom is 0.406 e. The lowest BCUT2D eigenvalue weighted by Crippen LogP contribution is -2.46. The monoisotopic (exact) mass is 577 g/mol. The number of aromatic nitrogens is 1. The van der Waals surface area contributed by atoms with Crippen LogP contribution in [0.25, 0.3) is 10.9 Å². The molecule has 2 N–H and O–H groups in total. The zero-order valence-corrected chi connectivity index (χ0v) is 23.1. The van der Waals surface area contributed by atoms with Crippen molar-refractivity contribution in [3.8, 4) is 17.6 Å². The third kappa shape index (κ3) is 6.29. The van der Waals surface area contributed by atoms with Crippen LogP contribution in [-0.2, 0) is 16.0 Å². The summed E-state index contributed by atoms with van der Waals surface area (Å²) in [6.07, 6.45) is -2.57. The Morgan fingerprint density at radius 2 is 1.95 bits per heavy atom. The van der Waals surface area contributed by atoms with Gasteiger partial charge >= 0.3 is 6.18 Å². The van der Waals surface area contributed by atoms with Crippen LogP contribution in [0.1, 0.15) is 25.0 Å². The van der Waals surface area contributed by atoms with Crippen LogP contribution < -0.4 is 15.4 Å². The molecule has 0 amide bonds. The molecule has 2 aliphatic rings. The maximum atomic E-state index is 15.2. The molecule has 40 heavy (non-hydrogen) atoms. The molecule has 0 bridgehead atoms. The molecule has 2 atom stereocenters. The highest BCUT2D eigenvalue weighted by atomic mass is 32.2. The van der Waals surface area contributed by atoms with Crippen molar-refractivity contribution >= 4 is 34.0 Å². The molecule has 1 aromatic heterocycles. The van der Waals surface area contributed by atoms with Gasteiger partial charge in [0.1, 0.15) is 18.5 Å². The van der Waals surface area contributed by atoms with Gasteiger partial charge in [-0.1, -0.05) is 12.0 Å². The van der Waals surface area contributed by atoms with Crippen molar-refractivity contribution in [1.82, 2.24) is 4.57 Å². The van der Waals surface area contributed by atoms with Gasteiger partial charge < -0.3 is 29.4 Å². The molecule has 1 aliphatic heterocycles. The molecular weight excluding hydrogens is 546 g/mol. The first kappa shape index (κ1) is 28.5. The minimum Gasteiger partial charge on any atom is -0.495 e. The zero-order chi connectivity index (χ0) is 28.3. The van der Waals surface area contributed by atoms with Crippen molar-refractivity contribution in [2.24, 2.45) is 0 Å². The van der Waals surface area contributed by atoms with E-state index in [1.54, 1.807) is 43.1 Å². The molecule has 1 saturated heterocycles. The Bertz CT molecular complexity index is 1410. The van der Waals surface area contributed by atoms with Gasteiger partial charge in [-0.15, -0.1) is 11.8 Å². The molecule has 11 heteroatoms. The molecule has 214 valence electrons. The van der Waals surface area contributed by atoms with Crippen LogP contribution in [0.2, 0.25) is 0 Å². The van der Waals surface area contributed by atoms with Crippen LogP contribution in [0.15, 0.2) is 47.4 Å². The van der Waals surface area contributed by atoms with E-state index in [1.165, 1.54) is 0 Å².